The van der Waals surface area contributed by atoms with Crippen LogP contribution < -0.4 is 4.74 Å². The zero-order valence-electron chi connectivity index (χ0n) is 5.28. The molecule has 1 N–H and O–H groups in total. The molecule has 11 heavy (non-hydrogen) atoms. The summed E-state index contributed by atoms with van der Waals surface area (Å²) in [5.41, 5.74) is 0. The summed E-state index contributed by atoms with van der Waals surface area (Å²) in [6, 6.07) is 0. The Kier molecular flexibility index (Phi) is 2.48. The molecule has 0 unspecified atom stereocenters. The number of carboxylic acid groups (broad SMARTS) is 1. The van der Waals surface area contributed by atoms with Crippen LogP contribution >= 0.6 is 15.9 Å². The Balaban J connectivity index is 2.51. The van der Waals surface area contributed by atoms with E-state index in [2.05, 4.69) is 30.3 Å². The van der Waals surface area contributed by atoms with E-state index in [0.717, 1.165) is 0 Å². The van der Waals surface area contributed by atoms with Crippen LogP contribution in [0.25, 0.3) is 0 Å². The average molecular weight is 222 g/mol. The normalized spacial score (nSPS) is 9.55. The number of rotatable bonds is 3. The average Bonchev–Trinajstić information content (AvgIpc) is 2.31. The molecule has 1 heterocycles. The molecule has 5 nitrogen and oxygen atoms in total. The second-order valence-electron chi connectivity index (χ2n) is 1.65. The van der Waals surface area contributed by atoms with Crippen molar-refractivity contribution in [3.63, 3.8) is 0 Å². The zero-order chi connectivity index (χ0) is 8.27. The third-order valence-corrected chi connectivity index (χ3v) is 1.35. The Morgan fingerprint density at radius 2 is 2.64 bits per heavy atom. The van der Waals surface area contributed by atoms with Gasteiger partial charge in [-0.3, -0.25) is 0 Å². The van der Waals surface area contributed by atoms with Gasteiger partial charge in [-0.1, -0.05) is 0 Å². The Hall–Kier alpha value is -1.04. The summed E-state index contributed by atoms with van der Waals surface area (Å²) < 4.78 is 9.65. The SMILES string of the molecule is O=C(O)COc1nocc1Br. The van der Waals surface area contributed by atoms with Gasteiger partial charge in [0.25, 0.3) is 5.88 Å². The van der Waals surface area contributed by atoms with Crippen LogP contribution in [0.1, 0.15) is 0 Å². The van der Waals surface area contributed by atoms with Crippen LogP contribution in [0.3, 0.4) is 0 Å². The maximum atomic E-state index is 10.0. The quantitative estimate of drug-likeness (QED) is 0.822. The van der Waals surface area contributed by atoms with E-state index in [9.17, 15) is 4.79 Å². The summed E-state index contributed by atoms with van der Waals surface area (Å²) in [4.78, 5) is 10.0. The Labute approximate surface area is 70.1 Å². The van der Waals surface area contributed by atoms with Gasteiger partial charge < -0.3 is 14.4 Å². The van der Waals surface area contributed by atoms with E-state index < -0.39 is 12.6 Å². The molecule has 0 radical (unpaired) electrons. The van der Waals surface area contributed by atoms with Gasteiger partial charge in [-0.25, -0.2) is 4.79 Å². The lowest BCUT2D eigenvalue weighted by Gasteiger charge is -1.95. The monoisotopic (exact) mass is 221 g/mol. The van der Waals surface area contributed by atoms with Crippen molar-refractivity contribution in [3.05, 3.63) is 10.7 Å². The van der Waals surface area contributed by atoms with Crippen LogP contribution in [0.4, 0.5) is 0 Å². The number of carboxylic acids is 1. The first-order chi connectivity index (χ1) is 5.20. The number of hydrogen-bond donors (Lipinski definition) is 1. The maximum Gasteiger partial charge on any atom is 0.341 e. The van der Waals surface area contributed by atoms with Gasteiger partial charge in [-0.15, -0.1) is 0 Å². The lowest BCUT2D eigenvalue weighted by molar-refractivity contribution is -0.139. The van der Waals surface area contributed by atoms with E-state index in [1.807, 2.05) is 0 Å². The molecule has 0 saturated carbocycles. The number of halogens is 1. The van der Waals surface area contributed by atoms with Gasteiger partial charge in [0.2, 0.25) is 0 Å². The molecular formula is C5H4BrNO4. The molecule has 0 atom stereocenters. The van der Waals surface area contributed by atoms with Crippen LogP contribution in [0.15, 0.2) is 15.3 Å². The largest absolute Gasteiger partial charge is 0.479 e. The third kappa shape index (κ3) is 2.23. The molecule has 1 aromatic rings. The van der Waals surface area contributed by atoms with Crippen LogP contribution in [-0.2, 0) is 4.79 Å². The summed E-state index contributed by atoms with van der Waals surface area (Å²) in [5.74, 6) is -0.910. The predicted octanol–water partition coefficient (Wildman–Crippen LogP) is 0.901. The topological polar surface area (TPSA) is 72.6 Å². The molecule has 0 amide bonds. The summed E-state index contributed by atoms with van der Waals surface area (Å²) >= 11 is 3.04. The van der Waals surface area contributed by atoms with E-state index in [4.69, 9.17) is 5.11 Å². The molecule has 0 spiro atoms. The fourth-order valence-corrected chi connectivity index (χ4v) is 0.710. The van der Waals surface area contributed by atoms with Crippen molar-refractivity contribution in [1.82, 2.24) is 5.16 Å². The van der Waals surface area contributed by atoms with Crippen molar-refractivity contribution < 1.29 is 19.2 Å². The first-order valence-corrected chi connectivity index (χ1v) is 3.44. The Bertz CT molecular complexity index is 259. The fourth-order valence-electron chi connectivity index (χ4n) is 0.440. The van der Waals surface area contributed by atoms with E-state index in [0.29, 0.717) is 4.47 Å². The van der Waals surface area contributed by atoms with Gasteiger partial charge in [0.1, 0.15) is 10.7 Å². The number of aliphatic carboxylic acids is 1. The van der Waals surface area contributed by atoms with Crippen LogP contribution in [0.5, 0.6) is 5.88 Å². The predicted molar refractivity (Wildman–Crippen MR) is 37.3 cm³/mol. The van der Waals surface area contributed by atoms with Crippen molar-refractivity contribution in [2.24, 2.45) is 0 Å². The lowest BCUT2D eigenvalue weighted by Crippen LogP contribution is -2.09. The minimum Gasteiger partial charge on any atom is -0.479 e. The van der Waals surface area contributed by atoms with Gasteiger partial charge in [0, 0.05) is 0 Å². The summed E-state index contributed by atoms with van der Waals surface area (Å²) in [5, 5.41) is 11.6. The molecular weight excluding hydrogens is 218 g/mol. The highest BCUT2D eigenvalue weighted by atomic mass is 79.9. The second-order valence-corrected chi connectivity index (χ2v) is 2.50. The minimum absolute atomic E-state index is 0.146. The molecule has 0 aliphatic rings. The van der Waals surface area contributed by atoms with Crippen LogP contribution in [0.2, 0.25) is 0 Å². The number of nitrogens with zero attached hydrogens (tertiary/aromatic N) is 1. The minimum atomic E-state index is -1.06. The van der Waals surface area contributed by atoms with Crippen molar-refractivity contribution in [1.29, 1.82) is 0 Å². The van der Waals surface area contributed by atoms with Gasteiger partial charge >= 0.3 is 5.97 Å². The van der Waals surface area contributed by atoms with E-state index in [1.165, 1.54) is 6.26 Å². The van der Waals surface area contributed by atoms with Crippen LogP contribution in [-0.4, -0.2) is 22.8 Å². The smallest absolute Gasteiger partial charge is 0.341 e. The van der Waals surface area contributed by atoms with Gasteiger partial charge in [0.05, 0.1) is 0 Å². The highest BCUT2D eigenvalue weighted by Crippen LogP contribution is 2.21. The molecule has 1 aromatic heterocycles. The van der Waals surface area contributed by atoms with Gasteiger partial charge in [0.15, 0.2) is 6.61 Å². The van der Waals surface area contributed by atoms with Crippen molar-refractivity contribution >= 4 is 21.9 Å². The maximum absolute atomic E-state index is 10.0. The highest BCUT2D eigenvalue weighted by molar-refractivity contribution is 9.10. The lowest BCUT2D eigenvalue weighted by atomic mass is 10.7. The van der Waals surface area contributed by atoms with Crippen LogP contribution in [0, 0.1) is 0 Å². The van der Waals surface area contributed by atoms with E-state index in [-0.39, 0.29) is 5.88 Å². The standard InChI is InChI=1S/C5H4BrNO4/c6-3-1-11-7-5(3)10-2-4(8)9/h1H,2H2,(H,8,9). The molecule has 0 bridgehead atoms. The first-order valence-electron chi connectivity index (χ1n) is 2.64. The molecule has 0 aliphatic heterocycles. The highest BCUT2D eigenvalue weighted by Gasteiger charge is 2.06. The molecule has 0 fully saturated rings. The second kappa shape index (κ2) is 3.38. The van der Waals surface area contributed by atoms with E-state index >= 15 is 0 Å². The number of carbonyl (C=O) groups is 1. The first kappa shape index (κ1) is 8.06. The summed E-state index contributed by atoms with van der Waals surface area (Å²) in [7, 11) is 0. The summed E-state index contributed by atoms with van der Waals surface area (Å²) in [6.45, 7) is -0.425. The van der Waals surface area contributed by atoms with Gasteiger partial charge in [-0.2, -0.15) is 0 Å². The Morgan fingerprint density at radius 3 is 3.09 bits per heavy atom. The fraction of sp³-hybridized carbons (Fsp3) is 0.200. The molecule has 1 rings (SSSR count). The van der Waals surface area contributed by atoms with E-state index in [1.54, 1.807) is 0 Å². The molecule has 0 aromatic carbocycles. The molecule has 0 aliphatic carbocycles. The third-order valence-electron chi connectivity index (χ3n) is 0.828. The number of hydrogen-bond acceptors (Lipinski definition) is 4. The van der Waals surface area contributed by atoms with Crippen molar-refractivity contribution in [2.75, 3.05) is 6.61 Å². The molecule has 60 valence electrons. The summed E-state index contributed by atoms with van der Waals surface area (Å²) in [6.07, 6.45) is 1.30. The number of aromatic nitrogens is 1. The van der Waals surface area contributed by atoms with Crippen molar-refractivity contribution in [3.8, 4) is 5.88 Å². The Morgan fingerprint density at radius 1 is 1.91 bits per heavy atom. The molecule has 0 saturated heterocycles. The molecule has 6 heteroatoms. The van der Waals surface area contributed by atoms with Gasteiger partial charge in [-0.05, 0) is 21.1 Å². The zero-order valence-corrected chi connectivity index (χ0v) is 6.87. The number of ether oxygens (including phenoxy) is 1. The van der Waals surface area contributed by atoms with Crippen molar-refractivity contribution in [2.45, 2.75) is 0 Å².